The van der Waals surface area contributed by atoms with E-state index in [4.69, 9.17) is 9.47 Å². The topological polar surface area (TPSA) is 90.2 Å². The second-order valence-corrected chi connectivity index (χ2v) is 11.7. The highest BCUT2D eigenvalue weighted by Gasteiger charge is 2.32. The van der Waals surface area contributed by atoms with Crippen LogP contribution in [0.4, 0.5) is 0 Å². The van der Waals surface area contributed by atoms with Gasteiger partial charge in [0, 0.05) is 24.7 Å². The number of nitrogens with zero attached hydrogens (tertiary/aromatic N) is 3. The minimum absolute atomic E-state index is 0.0241. The predicted molar refractivity (Wildman–Crippen MR) is 141 cm³/mol. The Bertz CT molecular complexity index is 1410. The van der Waals surface area contributed by atoms with Gasteiger partial charge in [-0.25, -0.2) is 8.42 Å². The zero-order valence-electron chi connectivity index (χ0n) is 21.2. The Kier molecular flexibility index (Phi) is 8.17. The van der Waals surface area contributed by atoms with Crippen LogP contribution in [0.5, 0.6) is 11.5 Å². The molecule has 4 rings (SSSR count). The number of aromatic nitrogens is 1. The first kappa shape index (κ1) is 26.4. The summed E-state index contributed by atoms with van der Waals surface area (Å²) in [5.74, 6) is 0.937. The van der Waals surface area contributed by atoms with E-state index in [9.17, 15) is 13.2 Å². The van der Waals surface area contributed by atoms with Crippen LogP contribution in [-0.4, -0.2) is 50.0 Å². The number of ether oxygens (including phenoxy) is 2. The molecule has 0 N–H and O–H groups in total. The summed E-state index contributed by atoms with van der Waals surface area (Å²) in [6.07, 6.45) is 4.43. The number of hydrogen-bond acceptors (Lipinski definition) is 6. The van der Waals surface area contributed by atoms with Crippen LogP contribution in [0.25, 0.3) is 10.2 Å². The van der Waals surface area contributed by atoms with Gasteiger partial charge in [0.15, 0.2) is 4.80 Å². The summed E-state index contributed by atoms with van der Waals surface area (Å²) < 4.78 is 42.1. The lowest BCUT2D eigenvalue weighted by molar-refractivity contribution is 0.0997. The number of methoxy groups -OCH3 is 2. The first-order valence-corrected chi connectivity index (χ1v) is 14.6. The van der Waals surface area contributed by atoms with Crippen molar-refractivity contribution in [3.05, 3.63) is 46.8 Å². The van der Waals surface area contributed by atoms with Gasteiger partial charge in [-0.05, 0) is 62.1 Å². The third-order valence-corrected chi connectivity index (χ3v) is 9.65. The van der Waals surface area contributed by atoms with Gasteiger partial charge in [0.05, 0.1) is 19.1 Å². The van der Waals surface area contributed by atoms with Crippen LogP contribution in [-0.2, 0) is 16.6 Å². The van der Waals surface area contributed by atoms with E-state index in [1.807, 2.05) is 23.6 Å². The molecule has 10 heteroatoms. The number of fused-ring (bicyclic) bond motifs is 1. The van der Waals surface area contributed by atoms with Gasteiger partial charge in [0.1, 0.15) is 21.7 Å². The summed E-state index contributed by atoms with van der Waals surface area (Å²) in [6, 6.07) is 9.81. The summed E-state index contributed by atoms with van der Waals surface area (Å²) in [5.41, 5.74) is 1.17. The van der Waals surface area contributed by atoms with E-state index in [0.29, 0.717) is 35.0 Å². The smallest absolute Gasteiger partial charge is 0.279 e. The van der Waals surface area contributed by atoms with Gasteiger partial charge in [-0.3, -0.25) is 4.79 Å². The SMILES string of the molecule is CCCn1c(=NC(=O)c2ccc(S(=O)(=O)N3CCCCC3CC)cc2)sc2c(OC)ccc(OC)c21. The number of aryl methyl sites for hydroxylation is 1. The van der Waals surface area contributed by atoms with Crippen molar-refractivity contribution in [1.82, 2.24) is 8.87 Å². The molecular weight excluding hydrogens is 498 g/mol. The second-order valence-electron chi connectivity index (χ2n) is 8.80. The summed E-state index contributed by atoms with van der Waals surface area (Å²) >= 11 is 1.36. The summed E-state index contributed by atoms with van der Waals surface area (Å²) in [6.45, 7) is 5.26. The van der Waals surface area contributed by atoms with Crippen LogP contribution in [0.1, 0.15) is 56.3 Å². The molecule has 3 aromatic rings. The molecule has 0 saturated carbocycles. The molecule has 2 heterocycles. The van der Waals surface area contributed by atoms with Gasteiger partial charge in [-0.1, -0.05) is 31.6 Å². The number of sulfonamides is 1. The molecule has 1 unspecified atom stereocenters. The normalized spacial score (nSPS) is 17.4. The molecule has 0 aliphatic carbocycles. The fourth-order valence-electron chi connectivity index (χ4n) is 4.73. The number of rotatable bonds is 8. The van der Waals surface area contributed by atoms with Gasteiger partial charge in [0.2, 0.25) is 10.0 Å². The van der Waals surface area contributed by atoms with Crippen LogP contribution in [0.3, 0.4) is 0 Å². The molecule has 36 heavy (non-hydrogen) atoms. The van der Waals surface area contributed by atoms with Gasteiger partial charge in [-0.15, -0.1) is 0 Å². The largest absolute Gasteiger partial charge is 0.495 e. The Balaban J connectivity index is 1.70. The van der Waals surface area contributed by atoms with Crippen molar-refractivity contribution in [3.8, 4) is 11.5 Å². The maximum atomic E-state index is 13.3. The standard InChI is InChI=1S/C26H33N3O5S2/c1-5-16-28-23-21(33-3)14-15-22(34-4)24(23)35-26(28)27-25(30)18-10-12-20(13-11-18)36(31,32)29-17-8-7-9-19(29)6-2/h10-15,19H,5-9,16-17H2,1-4H3. The third kappa shape index (κ3) is 4.94. The van der Waals surface area contributed by atoms with E-state index in [-0.39, 0.29) is 10.9 Å². The van der Waals surface area contributed by atoms with E-state index in [0.717, 1.165) is 42.3 Å². The molecule has 8 nitrogen and oxygen atoms in total. The molecule has 2 aromatic carbocycles. The van der Waals surface area contributed by atoms with Crippen LogP contribution in [0.2, 0.25) is 0 Å². The molecule has 0 radical (unpaired) electrons. The highest BCUT2D eigenvalue weighted by Crippen LogP contribution is 2.35. The minimum atomic E-state index is -3.61. The zero-order chi connectivity index (χ0) is 25.9. The van der Waals surface area contributed by atoms with E-state index in [1.54, 1.807) is 30.7 Å². The van der Waals surface area contributed by atoms with Crippen molar-refractivity contribution >= 4 is 37.5 Å². The number of hydrogen-bond donors (Lipinski definition) is 0. The maximum Gasteiger partial charge on any atom is 0.279 e. The average molecular weight is 532 g/mol. The van der Waals surface area contributed by atoms with Crippen molar-refractivity contribution in [3.63, 3.8) is 0 Å². The molecule has 1 atom stereocenters. The Morgan fingerprint density at radius 2 is 1.75 bits per heavy atom. The fourth-order valence-corrected chi connectivity index (χ4v) is 7.66. The molecule has 1 aromatic heterocycles. The molecule has 1 saturated heterocycles. The van der Waals surface area contributed by atoms with Crippen molar-refractivity contribution in [2.24, 2.45) is 4.99 Å². The molecular formula is C26H33N3O5S2. The Morgan fingerprint density at radius 1 is 1.06 bits per heavy atom. The lowest BCUT2D eigenvalue weighted by atomic mass is 10.0. The van der Waals surface area contributed by atoms with Crippen molar-refractivity contribution in [2.45, 2.75) is 63.4 Å². The first-order chi connectivity index (χ1) is 17.3. The summed E-state index contributed by atoms with van der Waals surface area (Å²) in [4.78, 5) is 18.3. The molecule has 1 amide bonds. The molecule has 194 valence electrons. The predicted octanol–water partition coefficient (Wildman–Crippen LogP) is 4.82. The van der Waals surface area contributed by atoms with Crippen molar-refractivity contribution in [2.75, 3.05) is 20.8 Å². The van der Waals surface area contributed by atoms with Crippen LogP contribution in [0, 0.1) is 0 Å². The van der Waals surface area contributed by atoms with Crippen molar-refractivity contribution < 1.29 is 22.7 Å². The molecule has 0 spiro atoms. The van der Waals surface area contributed by atoms with E-state index in [1.165, 1.54) is 23.5 Å². The number of thiazole rings is 1. The zero-order valence-corrected chi connectivity index (χ0v) is 22.8. The first-order valence-electron chi connectivity index (χ1n) is 12.3. The van der Waals surface area contributed by atoms with E-state index < -0.39 is 15.9 Å². The van der Waals surface area contributed by atoms with Gasteiger partial charge in [0.25, 0.3) is 5.91 Å². The van der Waals surface area contributed by atoms with Crippen LogP contribution >= 0.6 is 11.3 Å². The monoisotopic (exact) mass is 531 g/mol. The van der Waals surface area contributed by atoms with E-state index in [2.05, 4.69) is 11.9 Å². The van der Waals surface area contributed by atoms with Gasteiger partial charge >= 0.3 is 0 Å². The molecule has 0 bridgehead atoms. The quantitative estimate of drug-likeness (QED) is 0.416. The van der Waals surface area contributed by atoms with Crippen LogP contribution < -0.4 is 14.3 Å². The molecule has 1 aliphatic heterocycles. The van der Waals surface area contributed by atoms with Gasteiger partial charge < -0.3 is 14.0 Å². The lowest BCUT2D eigenvalue weighted by Crippen LogP contribution is -2.43. The van der Waals surface area contributed by atoms with Crippen LogP contribution in [0.15, 0.2) is 46.3 Å². The number of benzene rings is 2. The number of amides is 1. The Hall–Kier alpha value is -2.69. The highest BCUT2D eigenvalue weighted by atomic mass is 32.2. The average Bonchev–Trinajstić information content (AvgIpc) is 3.26. The maximum absolute atomic E-state index is 13.3. The Labute approximate surface area is 216 Å². The van der Waals surface area contributed by atoms with Crippen molar-refractivity contribution in [1.29, 1.82) is 0 Å². The molecule has 1 aliphatic rings. The number of carbonyl (C=O) groups is 1. The minimum Gasteiger partial charge on any atom is -0.495 e. The number of piperidine rings is 1. The number of carbonyl (C=O) groups excluding carboxylic acids is 1. The van der Waals surface area contributed by atoms with E-state index >= 15 is 0 Å². The summed E-state index contributed by atoms with van der Waals surface area (Å²) in [5, 5.41) is 0. The highest BCUT2D eigenvalue weighted by molar-refractivity contribution is 7.89. The third-order valence-electron chi connectivity index (χ3n) is 6.59. The Morgan fingerprint density at radius 3 is 2.39 bits per heavy atom. The van der Waals surface area contributed by atoms with Gasteiger partial charge in [-0.2, -0.15) is 9.30 Å². The second kappa shape index (κ2) is 11.1. The molecule has 1 fully saturated rings. The fraction of sp³-hybridized carbons (Fsp3) is 0.462. The summed E-state index contributed by atoms with van der Waals surface area (Å²) in [7, 11) is -0.393. The lowest BCUT2D eigenvalue weighted by Gasteiger charge is -2.34.